The van der Waals surface area contributed by atoms with Gasteiger partial charge in [0.05, 0.1) is 5.92 Å². The van der Waals surface area contributed by atoms with Gasteiger partial charge in [0, 0.05) is 5.56 Å². The minimum absolute atomic E-state index is 0.120. The molecule has 1 atom stereocenters. The molecule has 0 bridgehead atoms. The summed E-state index contributed by atoms with van der Waals surface area (Å²) in [6, 6.07) is 10.0. The molecule has 98 valence electrons. The number of rotatable bonds is 3. The van der Waals surface area contributed by atoms with Crippen molar-refractivity contribution in [2.75, 3.05) is 0 Å². The van der Waals surface area contributed by atoms with Crippen LogP contribution in [0.2, 0.25) is 0 Å². The maximum Gasteiger partial charge on any atom is 0.310 e. The van der Waals surface area contributed by atoms with Gasteiger partial charge in [-0.3, -0.25) is 4.79 Å². The largest absolute Gasteiger partial charge is 0.481 e. The van der Waals surface area contributed by atoms with E-state index in [1.54, 1.807) is 18.2 Å². The number of carboxylic acid groups (broad SMARTS) is 1. The van der Waals surface area contributed by atoms with E-state index >= 15 is 0 Å². The molecular weight excluding hydrogens is 250 g/mol. The van der Waals surface area contributed by atoms with Crippen molar-refractivity contribution in [3.05, 3.63) is 59.7 Å². The van der Waals surface area contributed by atoms with Crippen LogP contribution in [0.25, 0.3) is 11.1 Å². The maximum absolute atomic E-state index is 13.6. The zero-order valence-electron chi connectivity index (χ0n) is 10.2. The van der Waals surface area contributed by atoms with Crippen LogP contribution in [0.3, 0.4) is 0 Å². The van der Waals surface area contributed by atoms with Gasteiger partial charge in [0.15, 0.2) is 0 Å². The van der Waals surface area contributed by atoms with E-state index in [2.05, 4.69) is 0 Å². The Morgan fingerprint density at radius 2 is 1.63 bits per heavy atom. The Kier molecular flexibility index (Phi) is 3.60. The van der Waals surface area contributed by atoms with Crippen LogP contribution in [0.4, 0.5) is 8.78 Å². The highest BCUT2D eigenvalue weighted by Gasteiger charge is 2.18. The van der Waals surface area contributed by atoms with E-state index in [-0.39, 0.29) is 11.4 Å². The molecule has 0 aliphatic rings. The van der Waals surface area contributed by atoms with Gasteiger partial charge in [0.1, 0.15) is 11.6 Å². The highest BCUT2D eigenvalue weighted by Crippen LogP contribution is 2.26. The quantitative estimate of drug-likeness (QED) is 0.913. The van der Waals surface area contributed by atoms with Gasteiger partial charge in [-0.15, -0.1) is 0 Å². The highest BCUT2D eigenvalue weighted by atomic mass is 19.1. The monoisotopic (exact) mass is 262 g/mol. The van der Waals surface area contributed by atoms with Crippen molar-refractivity contribution < 1.29 is 18.7 Å². The van der Waals surface area contributed by atoms with Crippen LogP contribution < -0.4 is 0 Å². The summed E-state index contributed by atoms with van der Waals surface area (Å²) in [6.07, 6.45) is 0. The molecule has 0 saturated heterocycles. The number of hydrogen-bond acceptors (Lipinski definition) is 1. The minimum Gasteiger partial charge on any atom is -0.481 e. The average molecular weight is 262 g/mol. The van der Waals surface area contributed by atoms with Gasteiger partial charge >= 0.3 is 5.97 Å². The lowest BCUT2D eigenvalue weighted by atomic mass is 9.96. The number of halogens is 2. The highest BCUT2D eigenvalue weighted by molar-refractivity contribution is 5.77. The first-order chi connectivity index (χ1) is 8.99. The fraction of sp³-hybridized carbons (Fsp3) is 0.133. The molecule has 2 rings (SSSR count). The molecular formula is C15H12F2O2. The number of aliphatic carboxylic acids is 1. The Hall–Kier alpha value is -2.23. The molecule has 4 heteroatoms. The molecule has 0 amide bonds. The fourth-order valence-corrected chi connectivity index (χ4v) is 1.83. The predicted molar refractivity (Wildman–Crippen MR) is 67.8 cm³/mol. The van der Waals surface area contributed by atoms with Crippen molar-refractivity contribution in [2.24, 2.45) is 0 Å². The van der Waals surface area contributed by atoms with E-state index in [1.165, 1.54) is 31.2 Å². The average Bonchev–Trinajstić information content (AvgIpc) is 2.39. The molecule has 0 aliphatic heterocycles. The van der Waals surface area contributed by atoms with Crippen LogP contribution in [0.15, 0.2) is 42.5 Å². The maximum atomic E-state index is 13.6. The molecule has 0 saturated carbocycles. The lowest BCUT2D eigenvalue weighted by Crippen LogP contribution is -2.09. The van der Waals surface area contributed by atoms with Crippen molar-refractivity contribution in [2.45, 2.75) is 12.8 Å². The van der Waals surface area contributed by atoms with Crippen molar-refractivity contribution >= 4 is 5.97 Å². The van der Waals surface area contributed by atoms with Crippen LogP contribution in [0.1, 0.15) is 18.4 Å². The van der Waals surface area contributed by atoms with Crippen molar-refractivity contribution in [3.63, 3.8) is 0 Å². The van der Waals surface area contributed by atoms with E-state index in [1.807, 2.05) is 0 Å². The normalized spacial score (nSPS) is 12.2. The molecule has 0 aliphatic carbocycles. The van der Waals surface area contributed by atoms with Gasteiger partial charge in [0.25, 0.3) is 0 Å². The van der Waals surface area contributed by atoms with Crippen LogP contribution in [-0.4, -0.2) is 11.1 Å². The summed E-state index contributed by atoms with van der Waals surface area (Å²) in [5.74, 6) is -2.93. The third kappa shape index (κ3) is 2.78. The minimum atomic E-state index is -1.09. The summed E-state index contributed by atoms with van der Waals surface area (Å²) in [5.41, 5.74) is 1.49. The second-order valence-corrected chi connectivity index (χ2v) is 4.30. The van der Waals surface area contributed by atoms with Gasteiger partial charge in [-0.05, 0) is 42.3 Å². The summed E-state index contributed by atoms with van der Waals surface area (Å²) in [7, 11) is 0. The lowest BCUT2D eigenvalue weighted by Gasteiger charge is -2.10. The van der Waals surface area contributed by atoms with Gasteiger partial charge in [-0.2, -0.15) is 0 Å². The van der Waals surface area contributed by atoms with Gasteiger partial charge in [-0.1, -0.05) is 18.2 Å². The number of carboxylic acids is 1. The summed E-state index contributed by atoms with van der Waals surface area (Å²) in [6.45, 7) is 1.43. The Morgan fingerprint density at radius 1 is 1.05 bits per heavy atom. The zero-order chi connectivity index (χ0) is 14.0. The van der Waals surface area contributed by atoms with E-state index in [4.69, 9.17) is 5.11 Å². The second kappa shape index (κ2) is 5.18. The topological polar surface area (TPSA) is 37.3 Å². The molecule has 19 heavy (non-hydrogen) atoms. The molecule has 2 nitrogen and oxygen atoms in total. The number of hydrogen-bond donors (Lipinski definition) is 1. The molecule has 0 heterocycles. The molecule has 1 unspecified atom stereocenters. The van der Waals surface area contributed by atoms with Gasteiger partial charge in [0.2, 0.25) is 0 Å². The van der Waals surface area contributed by atoms with Gasteiger partial charge in [-0.25, -0.2) is 8.78 Å². The van der Waals surface area contributed by atoms with Crippen LogP contribution in [-0.2, 0) is 4.79 Å². The van der Waals surface area contributed by atoms with E-state index < -0.39 is 17.7 Å². The van der Waals surface area contributed by atoms with Crippen molar-refractivity contribution in [3.8, 4) is 11.1 Å². The Labute approximate surface area is 109 Å². The second-order valence-electron chi connectivity index (χ2n) is 4.30. The molecule has 2 aromatic rings. The molecule has 1 N–H and O–H groups in total. The molecule has 0 spiro atoms. The van der Waals surface area contributed by atoms with E-state index in [0.29, 0.717) is 11.1 Å². The van der Waals surface area contributed by atoms with Crippen molar-refractivity contribution in [1.82, 2.24) is 0 Å². The molecule has 0 radical (unpaired) electrons. The van der Waals surface area contributed by atoms with Crippen LogP contribution in [0, 0.1) is 11.6 Å². The fourth-order valence-electron chi connectivity index (χ4n) is 1.83. The summed E-state index contributed by atoms with van der Waals surface area (Å²) in [4.78, 5) is 10.9. The molecule has 0 fully saturated rings. The standard InChI is InChI=1S/C15H12F2O2/c1-9(15(18)19)13-8-11(4-7-14(13)17)10-2-5-12(16)6-3-10/h2-9H,1H3,(H,18,19). The first-order valence-electron chi connectivity index (χ1n) is 5.77. The SMILES string of the molecule is CC(C(=O)O)c1cc(-c2ccc(F)cc2)ccc1F. The third-order valence-electron chi connectivity index (χ3n) is 3.01. The summed E-state index contributed by atoms with van der Waals surface area (Å²) < 4.78 is 26.5. The van der Waals surface area contributed by atoms with E-state index in [9.17, 15) is 13.6 Å². The van der Waals surface area contributed by atoms with Crippen molar-refractivity contribution in [1.29, 1.82) is 0 Å². The lowest BCUT2D eigenvalue weighted by molar-refractivity contribution is -0.138. The first kappa shape index (κ1) is 13.2. The van der Waals surface area contributed by atoms with Crippen LogP contribution >= 0.6 is 0 Å². The summed E-state index contributed by atoms with van der Waals surface area (Å²) >= 11 is 0. The van der Waals surface area contributed by atoms with Gasteiger partial charge < -0.3 is 5.11 Å². The smallest absolute Gasteiger partial charge is 0.310 e. The predicted octanol–water partition coefficient (Wildman–Crippen LogP) is 3.82. The number of carbonyl (C=O) groups is 1. The van der Waals surface area contributed by atoms with E-state index in [0.717, 1.165) is 0 Å². The molecule has 2 aromatic carbocycles. The molecule has 0 aromatic heterocycles. The Bertz CT molecular complexity index is 606. The zero-order valence-corrected chi connectivity index (χ0v) is 10.2. The summed E-state index contributed by atoms with van der Waals surface area (Å²) in [5, 5.41) is 8.94. The van der Waals surface area contributed by atoms with Crippen LogP contribution in [0.5, 0.6) is 0 Å². The first-order valence-corrected chi connectivity index (χ1v) is 5.77. The third-order valence-corrected chi connectivity index (χ3v) is 3.01. The number of benzene rings is 2. The Morgan fingerprint density at radius 3 is 2.21 bits per heavy atom. The Balaban J connectivity index is 2.46.